The predicted molar refractivity (Wildman–Crippen MR) is 214 cm³/mol. The first-order chi connectivity index (χ1) is 27.4. The van der Waals surface area contributed by atoms with E-state index < -0.39 is 46.2 Å². The first-order valence-electron chi connectivity index (χ1n) is 17.2. The van der Waals surface area contributed by atoms with Crippen LogP contribution in [0.15, 0.2) is 118 Å². The second-order valence-electron chi connectivity index (χ2n) is 13.2. The quantitative estimate of drug-likeness (QED) is 0.0255. The van der Waals surface area contributed by atoms with Gasteiger partial charge in [0.1, 0.15) is 28.3 Å². The van der Waals surface area contributed by atoms with Gasteiger partial charge < -0.3 is 32.2 Å². The molecular formula is C37H35N11O6S3. The van der Waals surface area contributed by atoms with E-state index in [4.69, 9.17) is 21.4 Å². The fourth-order valence-electron chi connectivity index (χ4n) is 6.23. The van der Waals surface area contributed by atoms with Crippen molar-refractivity contribution >= 4 is 69.4 Å². The van der Waals surface area contributed by atoms with E-state index in [-0.39, 0.29) is 33.8 Å². The summed E-state index contributed by atoms with van der Waals surface area (Å²) in [6, 6.07) is 28.5. The monoisotopic (exact) mass is 825 g/mol. The molecule has 2 aliphatic heterocycles. The molecule has 7 N–H and O–H groups in total. The number of hydrogen-bond acceptors (Lipinski definition) is 15. The van der Waals surface area contributed by atoms with Crippen LogP contribution in [0.5, 0.6) is 0 Å². The minimum absolute atomic E-state index is 0.0796. The predicted octanol–water partition coefficient (Wildman–Crippen LogP) is 2.76. The van der Waals surface area contributed by atoms with Gasteiger partial charge in [0.05, 0.1) is 0 Å². The van der Waals surface area contributed by atoms with E-state index in [9.17, 15) is 24.3 Å². The van der Waals surface area contributed by atoms with Gasteiger partial charge in [0.15, 0.2) is 10.8 Å². The zero-order valence-electron chi connectivity index (χ0n) is 30.3. The fourth-order valence-corrected chi connectivity index (χ4v) is 9.26. The van der Waals surface area contributed by atoms with Gasteiger partial charge in [0, 0.05) is 16.9 Å². The number of primary amides is 1. The second-order valence-corrected chi connectivity index (χ2v) is 16.1. The maximum Gasteiger partial charge on any atom is 0.352 e. The van der Waals surface area contributed by atoms with E-state index in [0.29, 0.717) is 10.7 Å². The largest absolute Gasteiger partial charge is 0.477 e. The number of nitrogens with zero attached hydrogens (tertiary/aromatic N) is 7. The number of β-lactam (4-membered cyclic amide) rings is 1. The number of rotatable bonds is 15. The Balaban J connectivity index is 1.19. The number of thiazole rings is 1. The molecule has 292 valence electrons. The van der Waals surface area contributed by atoms with Crippen molar-refractivity contribution < 1.29 is 29.1 Å². The highest BCUT2D eigenvalue weighted by Gasteiger charge is 2.54. The Kier molecular flexibility index (Phi) is 11.0. The van der Waals surface area contributed by atoms with Gasteiger partial charge in [-0.1, -0.05) is 113 Å². The molecule has 0 saturated carbocycles. The van der Waals surface area contributed by atoms with E-state index in [1.807, 2.05) is 91.0 Å². The van der Waals surface area contributed by atoms with Crippen LogP contribution >= 0.6 is 34.9 Å². The molecule has 57 heavy (non-hydrogen) atoms. The molecule has 7 rings (SSSR count). The summed E-state index contributed by atoms with van der Waals surface area (Å²) >= 11 is 3.61. The van der Waals surface area contributed by atoms with Gasteiger partial charge in [0.2, 0.25) is 10.8 Å². The van der Waals surface area contributed by atoms with Gasteiger partial charge in [-0.05, 0) is 46.5 Å². The summed E-state index contributed by atoms with van der Waals surface area (Å²) in [7, 11) is 0. The number of nitrogen functional groups attached to an aromatic ring is 1. The summed E-state index contributed by atoms with van der Waals surface area (Å²) in [6.45, 7) is 2.79. The van der Waals surface area contributed by atoms with Crippen LogP contribution in [0.2, 0.25) is 0 Å². The summed E-state index contributed by atoms with van der Waals surface area (Å²) in [5, 5.41) is 33.0. The number of amides is 3. The summed E-state index contributed by atoms with van der Waals surface area (Å²) in [4.78, 5) is 64.7. The third-order valence-corrected chi connectivity index (χ3v) is 12.3. The van der Waals surface area contributed by atoms with Crippen molar-refractivity contribution in [1.29, 1.82) is 0 Å². The summed E-state index contributed by atoms with van der Waals surface area (Å²) in [5.74, 6) is 2.47. The molecule has 2 aliphatic rings. The number of carbonyl (C=O) groups is 4. The number of nitrogens with one attached hydrogen (secondary N) is 2. The fraction of sp³-hybridized carbons (Fsp3) is 0.216. The number of hydrogen-bond donors (Lipinski definition) is 5. The van der Waals surface area contributed by atoms with Crippen molar-refractivity contribution in [3.05, 3.63) is 130 Å². The Labute approximate surface area is 337 Å². The van der Waals surface area contributed by atoms with Crippen LogP contribution in [0, 0.1) is 0 Å². The van der Waals surface area contributed by atoms with Crippen LogP contribution in [-0.4, -0.2) is 93.2 Å². The third-order valence-electron chi connectivity index (χ3n) is 9.21. The lowest BCUT2D eigenvalue weighted by atomic mass is 9.77. The molecule has 4 heterocycles. The molecule has 0 aliphatic carbocycles. The minimum Gasteiger partial charge on any atom is -0.477 e. The molecule has 2 aromatic heterocycles. The van der Waals surface area contributed by atoms with Crippen molar-refractivity contribution in [2.45, 2.75) is 41.6 Å². The highest BCUT2D eigenvalue weighted by atomic mass is 32.2. The lowest BCUT2D eigenvalue weighted by Crippen LogP contribution is -2.71. The number of thioether (sulfide) groups is 2. The zero-order valence-corrected chi connectivity index (χ0v) is 32.8. The number of carbonyl (C=O) groups excluding carboxylic acids is 3. The topological polar surface area (TPSA) is 246 Å². The van der Waals surface area contributed by atoms with Crippen LogP contribution in [0.25, 0.3) is 0 Å². The number of tetrazole rings is 1. The molecule has 0 unspecified atom stereocenters. The maximum atomic E-state index is 14.1. The molecular weight excluding hydrogens is 791 g/mol. The second kappa shape index (κ2) is 16.1. The van der Waals surface area contributed by atoms with E-state index in [1.54, 1.807) is 5.38 Å². The summed E-state index contributed by atoms with van der Waals surface area (Å²) < 4.78 is 0. The molecule has 0 radical (unpaired) electrons. The lowest BCUT2D eigenvalue weighted by Gasteiger charge is -2.49. The molecule has 0 bridgehead atoms. The SMILES string of the molecule is CC(C)(O/N=C(\C(=O)N[C@@H]1C(=O)N2C(C(=O)O)=C(CSc3nnnn3N)CS[C@@H]12)c1csc(NC(c2ccccc2)(c2ccccc2)c2ccccc2)n1)C(N)=O. The summed E-state index contributed by atoms with van der Waals surface area (Å²) in [6.07, 6.45) is 0. The number of benzene rings is 3. The summed E-state index contributed by atoms with van der Waals surface area (Å²) in [5.41, 5.74) is 5.77. The minimum atomic E-state index is -1.61. The van der Waals surface area contributed by atoms with Crippen molar-refractivity contribution in [3.63, 3.8) is 0 Å². The average molecular weight is 826 g/mol. The normalized spacial score (nSPS) is 17.1. The van der Waals surface area contributed by atoms with E-state index in [2.05, 4.69) is 31.3 Å². The highest BCUT2D eigenvalue weighted by molar-refractivity contribution is 8.01. The number of nitrogens with two attached hydrogens (primary N) is 2. The van der Waals surface area contributed by atoms with E-state index in [0.717, 1.165) is 38.1 Å². The van der Waals surface area contributed by atoms with Gasteiger partial charge >= 0.3 is 5.97 Å². The lowest BCUT2D eigenvalue weighted by molar-refractivity contribution is -0.150. The number of aromatic nitrogens is 5. The first-order valence-corrected chi connectivity index (χ1v) is 20.2. The first kappa shape index (κ1) is 39.0. The van der Waals surface area contributed by atoms with Crippen molar-refractivity contribution in [1.82, 2.24) is 35.5 Å². The number of anilines is 1. The van der Waals surface area contributed by atoms with Gasteiger partial charge in [-0.2, -0.15) is 0 Å². The smallest absolute Gasteiger partial charge is 0.352 e. The van der Waals surface area contributed by atoms with Crippen LogP contribution < -0.4 is 22.2 Å². The van der Waals surface area contributed by atoms with Crippen LogP contribution in [0.3, 0.4) is 0 Å². The number of fused-ring (bicyclic) bond motifs is 1. The molecule has 17 nitrogen and oxygen atoms in total. The maximum absolute atomic E-state index is 14.1. The Morgan fingerprint density at radius 1 is 1.00 bits per heavy atom. The van der Waals surface area contributed by atoms with Crippen molar-refractivity contribution in [2.75, 3.05) is 22.7 Å². The highest BCUT2D eigenvalue weighted by Crippen LogP contribution is 2.43. The van der Waals surface area contributed by atoms with E-state index >= 15 is 0 Å². The Morgan fingerprint density at radius 2 is 1.60 bits per heavy atom. The Morgan fingerprint density at radius 3 is 2.12 bits per heavy atom. The standard InChI is InChI=1S/C37H35N11O6S3/c1-36(2,33(38)53)54-44-26(29(49)41-27-30(50)47-28(32(51)52)21(18-55-31(27)47)19-57-35-43-45-46-48(35)39)25-20-56-34(40-25)42-37(22-12-6-3-7-13-22,23-14-8-4-9-15-23)24-16-10-5-11-17-24/h3-17,20,27,31H,18-19,39H2,1-2H3,(H2,38,53)(H,40,42)(H,41,49)(H,51,52)/b44-26-/t27-,31+/m1/s1. The molecule has 5 aromatic rings. The van der Waals surface area contributed by atoms with Crippen LogP contribution in [-0.2, 0) is 29.6 Å². The average Bonchev–Trinajstić information content (AvgIpc) is 3.86. The molecule has 3 amide bonds. The van der Waals surface area contributed by atoms with Gasteiger partial charge in [-0.25, -0.2) is 9.78 Å². The number of carboxylic acids is 1. The molecule has 3 aromatic carbocycles. The molecule has 20 heteroatoms. The van der Waals surface area contributed by atoms with Gasteiger partial charge in [-0.3, -0.25) is 19.3 Å². The Hall–Kier alpha value is -6.25. The number of carboxylic acid groups (broad SMARTS) is 1. The number of aliphatic carboxylic acids is 1. The Bertz CT molecular complexity index is 2270. The molecule has 1 saturated heterocycles. The van der Waals surface area contributed by atoms with Crippen molar-refractivity contribution in [2.24, 2.45) is 10.9 Å². The van der Waals surface area contributed by atoms with Gasteiger partial charge in [-0.15, -0.1) is 27.9 Å². The third kappa shape index (κ3) is 7.65. The van der Waals surface area contributed by atoms with Gasteiger partial charge in [0.25, 0.3) is 17.7 Å². The number of oxime groups is 1. The molecule has 2 atom stereocenters. The van der Waals surface area contributed by atoms with Crippen LogP contribution in [0.4, 0.5) is 5.13 Å². The molecule has 1 fully saturated rings. The molecule has 0 spiro atoms. The van der Waals surface area contributed by atoms with Crippen molar-refractivity contribution in [3.8, 4) is 0 Å². The van der Waals surface area contributed by atoms with E-state index in [1.165, 1.54) is 36.9 Å². The van der Waals surface area contributed by atoms with Crippen LogP contribution in [0.1, 0.15) is 36.2 Å². The zero-order chi connectivity index (χ0) is 40.3.